The van der Waals surface area contributed by atoms with Crippen LogP contribution < -0.4 is 15.8 Å². The molecular weight excluding hydrogens is 463 g/mol. The normalized spacial score (nSPS) is 11.2. The fourth-order valence-electron chi connectivity index (χ4n) is 3.22. The van der Waals surface area contributed by atoms with E-state index >= 15 is 0 Å². The Morgan fingerprint density at radius 2 is 1.70 bits per heavy atom. The van der Waals surface area contributed by atoms with Crippen LogP contribution in [0.3, 0.4) is 0 Å². The van der Waals surface area contributed by atoms with Gasteiger partial charge in [0.25, 0.3) is 0 Å². The van der Waals surface area contributed by atoms with Gasteiger partial charge in [0.05, 0.1) is 17.7 Å². The second-order valence-electron chi connectivity index (χ2n) is 7.01. The number of hydrogen-bond donors (Lipinski definition) is 2. The molecule has 0 spiro atoms. The first-order valence-corrected chi connectivity index (χ1v) is 12.0. The molecule has 1 heterocycles. The maximum atomic E-state index is 13.5. The van der Waals surface area contributed by atoms with Crippen LogP contribution in [0.1, 0.15) is 15.2 Å². The van der Waals surface area contributed by atoms with E-state index in [9.17, 15) is 17.6 Å². The maximum absolute atomic E-state index is 13.5. The van der Waals surface area contributed by atoms with Crippen LogP contribution in [-0.2, 0) is 9.84 Å². The van der Waals surface area contributed by atoms with E-state index in [1.807, 2.05) is 0 Å². The number of thiophene rings is 1. The van der Waals surface area contributed by atoms with Crippen molar-refractivity contribution in [2.24, 2.45) is 0 Å². The van der Waals surface area contributed by atoms with Crippen LogP contribution in [0.15, 0.2) is 88.7 Å². The van der Waals surface area contributed by atoms with E-state index in [0.29, 0.717) is 17.0 Å². The SMILES string of the molecule is COc1cccc(C(=O)c2sc(Nc3ccc(F)cc3)c(S(=O)(=O)c3ccccc3)c2N)c1. The minimum Gasteiger partial charge on any atom is -0.497 e. The number of ether oxygens (including phenoxy) is 1. The molecule has 0 aliphatic carbocycles. The van der Waals surface area contributed by atoms with E-state index in [-0.39, 0.29) is 25.4 Å². The zero-order valence-electron chi connectivity index (χ0n) is 17.4. The molecule has 0 atom stereocenters. The van der Waals surface area contributed by atoms with Crippen molar-refractivity contribution < 1.29 is 22.3 Å². The maximum Gasteiger partial charge on any atom is 0.211 e. The molecule has 0 saturated carbocycles. The molecule has 1 aromatic heterocycles. The fraction of sp³-hybridized carbons (Fsp3) is 0.0417. The van der Waals surface area contributed by atoms with Crippen molar-refractivity contribution in [1.82, 2.24) is 0 Å². The van der Waals surface area contributed by atoms with Gasteiger partial charge >= 0.3 is 0 Å². The summed E-state index contributed by atoms with van der Waals surface area (Å²) < 4.78 is 45.5. The quantitative estimate of drug-likeness (QED) is 0.348. The number of carbonyl (C=O) groups excluding carboxylic acids is 1. The predicted octanol–water partition coefficient (Wildman–Crippen LogP) is 5.29. The Morgan fingerprint density at radius 3 is 2.36 bits per heavy atom. The van der Waals surface area contributed by atoms with Crippen molar-refractivity contribution in [1.29, 1.82) is 0 Å². The number of halogens is 1. The smallest absolute Gasteiger partial charge is 0.211 e. The largest absolute Gasteiger partial charge is 0.497 e. The highest BCUT2D eigenvalue weighted by Crippen LogP contribution is 2.44. The molecule has 0 bridgehead atoms. The van der Waals surface area contributed by atoms with E-state index < -0.39 is 21.4 Å². The third-order valence-electron chi connectivity index (χ3n) is 4.86. The zero-order valence-corrected chi connectivity index (χ0v) is 19.0. The minimum absolute atomic E-state index is 0.0389. The molecule has 0 unspecified atom stereocenters. The van der Waals surface area contributed by atoms with Crippen LogP contribution in [-0.4, -0.2) is 21.3 Å². The summed E-state index contributed by atoms with van der Waals surface area (Å²) in [7, 11) is -2.58. The third-order valence-corrected chi connectivity index (χ3v) is 7.97. The summed E-state index contributed by atoms with van der Waals surface area (Å²) in [6.45, 7) is 0. The molecule has 0 aliphatic rings. The number of carbonyl (C=O) groups is 1. The molecule has 4 rings (SSSR count). The van der Waals surface area contributed by atoms with Crippen LogP contribution in [0.5, 0.6) is 5.75 Å². The van der Waals surface area contributed by atoms with E-state index in [1.165, 1.54) is 43.5 Å². The topological polar surface area (TPSA) is 98.5 Å². The summed E-state index contributed by atoms with van der Waals surface area (Å²) in [5, 5.41) is 3.14. The Kier molecular flexibility index (Phi) is 6.17. The van der Waals surface area contributed by atoms with E-state index in [0.717, 1.165) is 11.3 Å². The Bertz CT molecular complexity index is 1420. The summed E-state index contributed by atoms with van der Waals surface area (Å²) in [6, 6.07) is 19.7. The van der Waals surface area contributed by atoms with Crippen molar-refractivity contribution in [2.75, 3.05) is 18.2 Å². The Labute approximate surface area is 194 Å². The minimum atomic E-state index is -4.06. The van der Waals surface area contributed by atoms with E-state index in [4.69, 9.17) is 10.5 Å². The average molecular weight is 483 g/mol. The number of sulfone groups is 1. The van der Waals surface area contributed by atoms with Gasteiger partial charge in [-0.1, -0.05) is 30.3 Å². The number of nitrogens with one attached hydrogen (secondary N) is 1. The number of methoxy groups -OCH3 is 1. The number of benzene rings is 3. The van der Waals surface area contributed by atoms with Crippen LogP contribution >= 0.6 is 11.3 Å². The predicted molar refractivity (Wildman–Crippen MR) is 127 cm³/mol. The lowest BCUT2D eigenvalue weighted by Crippen LogP contribution is -2.08. The first-order chi connectivity index (χ1) is 15.8. The average Bonchev–Trinajstić information content (AvgIpc) is 3.16. The second kappa shape index (κ2) is 9.05. The third kappa shape index (κ3) is 4.46. The summed E-state index contributed by atoms with van der Waals surface area (Å²) >= 11 is 0.924. The molecular formula is C24H19FN2O4S2. The Morgan fingerprint density at radius 1 is 1.00 bits per heavy atom. The van der Waals surface area contributed by atoms with E-state index in [2.05, 4.69) is 5.32 Å². The van der Waals surface area contributed by atoms with Crippen molar-refractivity contribution in [3.8, 4) is 5.75 Å². The molecule has 0 amide bonds. The van der Waals surface area contributed by atoms with Crippen LogP contribution in [0.25, 0.3) is 0 Å². The van der Waals surface area contributed by atoms with Gasteiger partial charge in [-0.15, -0.1) is 11.3 Å². The first kappa shape index (κ1) is 22.5. The number of rotatable bonds is 7. The summed E-state index contributed by atoms with van der Waals surface area (Å²) in [5.41, 5.74) is 6.89. The van der Waals surface area contributed by atoms with Crippen molar-refractivity contribution in [2.45, 2.75) is 9.79 Å². The fourth-order valence-corrected chi connectivity index (χ4v) is 6.18. The van der Waals surface area contributed by atoms with Crippen LogP contribution in [0.4, 0.5) is 20.8 Å². The first-order valence-electron chi connectivity index (χ1n) is 9.75. The standard InChI is InChI=1S/C24H19FN2O4S2/c1-31-18-7-5-6-15(14-18)21(28)22-20(26)23(33(29,30)19-8-3-2-4-9-19)24(32-22)27-17-12-10-16(25)11-13-17/h2-14,27H,26H2,1H3. The highest BCUT2D eigenvalue weighted by Gasteiger charge is 2.31. The van der Waals surface area contributed by atoms with E-state index in [1.54, 1.807) is 42.5 Å². The van der Waals surface area contributed by atoms with Crippen LogP contribution in [0, 0.1) is 5.82 Å². The van der Waals surface area contributed by atoms with Crippen molar-refractivity contribution in [3.05, 3.63) is 95.1 Å². The number of anilines is 3. The lowest BCUT2D eigenvalue weighted by atomic mass is 10.1. The number of nitrogen functional groups attached to an aromatic ring is 1. The van der Waals surface area contributed by atoms with Gasteiger partial charge in [-0.25, -0.2) is 12.8 Å². The van der Waals surface area contributed by atoms with Crippen molar-refractivity contribution in [3.63, 3.8) is 0 Å². The van der Waals surface area contributed by atoms with Gasteiger partial charge in [0.1, 0.15) is 26.3 Å². The molecule has 0 radical (unpaired) electrons. The number of hydrogen-bond acceptors (Lipinski definition) is 7. The number of nitrogens with two attached hydrogens (primary N) is 1. The van der Waals surface area contributed by atoms with Gasteiger partial charge < -0.3 is 15.8 Å². The summed E-state index contributed by atoms with van der Waals surface area (Å²) in [4.78, 5) is 13.2. The highest BCUT2D eigenvalue weighted by atomic mass is 32.2. The molecule has 4 aromatic rings. The van der Waals surface area contributed by atoms with Gasteiger partial charge in [-0.3, -0.25) is 4.79 Å². The van der Waals surface area contributed by atoms with Gasteiger partial charge in [-0.05, 0) is 48.5 Å². The van der Waals surface area contributed by atoms with Gasteiger partial charge in [0.2, 0.25) is 15.6 Å². The molecule has 168 valence electrons. The van der Waals surface area contributed by atoms with Gasteiger partial charge in [-0.2, -0.15) is 0 Å². The molecule has 0 fully saturated rings. The lowest BCUT2D eigenvalue weighted by Gasteiger charge is -2.09. The van der Waals surface area contributed by atoms with Gasteiger partial charge in [0, 0.05) is 11.3 Å². The molecule has 9 heteroatoms. The molecule has 33 heavy (non-hydrogen) atoms. The monoisotopic (exact) mass is 482 g/mol. The summed E-state index contributed by atoms with van der Waals surface area (Å²) in [5.74, 6) is -0.386. The van der Waals surface area contributed by atoms with Crippen LogP contribution in [0.2, 0.25) is 0 Å². The Hall–Kier alpha value is -3.69. The molecule has 0 saturated heterocycles. The van der Waals surface area contributed by atoms with Gasteiger partial charge in [0.15, 0.2) is 0 Å². The zero-order chi connectivity index (χ0) is 23.6. The Balaban J connectivity index is 1.87. The second-order valence-corrected chi connectivity index (χ2v) is 9.92. The molecule has 6 nitrogen and oxygen atoms in total. The molecule has 0 aliphatic heterocycles. The highest BCUT2D eigenvalue weighted by molar-refractivity contribution is 7.92. The summed E-state index contributed by atoms with van der Waals surface area (Å²) in [6.07, 6.45) is 0. The molecule has 3 aromatic carbocycles. The lowest BCUT2D eigenvalue weighted by molar-refractivity contribution is 0.104. The van der Waals surface area contributed by atoms with Crippen molar-refractivity contribution >= 4 is 43.3 Å². The number of ketones is 1. The molecule has 3 N–H and O–H groups in total.